The van der Waals surface area contributed by atoms with Crippen molar-refractivity contribution in [2.24, 2.45) is 5.92 Å². The first-order valence-electron chi connectivity index (χ1n) is 7.29. The Kier molecular flexibility index (Phi) is 5.67. The molecular weight excluding hydrogens is 340 g/mol. The molecule has 0 bridgehead atoms. The standard InChI is InChI=1S/C15H21ClN2O4S/c1-17(2)23(21,22)10-12-8-18(9-14(12)19)15(20)7-11-4-3-5-13(16)6-11/h3-6,12,14,19H,7-10H2,1-2H3. The Bertz CT molecular complexity index is 678. The van der Waals surface area contributed by atoms with Crippen LogP contribution >= 0.6 is 11.6 Å². The van der Waals surface area contributed by atoms with Gasteiger partial charge < -0.3 is 10.0 Å². The molecule has 1 fully saturated rings. The zero-order chi connectivity index (χ0) is 17.2. The van der Waals surface area contributed by atoms with E-state index < -0.39 is 22.0 Å². The number of carbonyl (C=O) groups is 1. The topological polar surface area (TPSA) is 77.9 Å². The molecule has 6 nitrogen and oxygen atoms in total. The number of rotatable bonds is 5. The molecule has 1 heterocycles. The van der Waals surface area contributed by atoms with Gasteiger partial charge in [-0.05, 0) is 17.7 Å². The van der Waals surface area contributed by atoms with Crippen molar-refractivity contribution in [1.82, 2.24) is 9.21 Å². The van der Waals surface area contributed by atoms with E-state index in [1.807, 2.05) is 6.07 Å². The summed E-state index contributed by atoms with van der Waals surface area (Å²) in [6.07, 6.45) is -0.645. The summed E-state index contributed by atoms with van der Waals surface area (Å²) >= 11 is 5.90. The second kappa shape index (κ2) is 7.17. The minimum atomic E-state index is -3.41. The number of sulfonamides is 1. The molecule has 1 aliphatic rings. The van der Waals surface area contributed by atoms with E-state index in [0.29, 0.717) is 5.02 Å². The third-order valence-electron chi connectivity index (χ3n) is 3.98. The zero-order valence-electron chi connectivity index (χ0n) is 13.1. The fourth-order valence-electron chi connectivity index (χ4n) is 2.57. The Labute approximate surface area is 141 Å². The van der Waals surface area contributed by atoms with Gasteiger partial charge in [-0.1, -0.05) is 23.7 Å². The van der Waals surface area contributed by atoms with Gasteiger partial charge in [0.2, 0.25) is 15.9 Å². The third kappa shape index (κ3) is 4.67. The van der Waals surface area contributed by atoms with Crippen LogP contribution < -0.4 is 0 Å². The monoisotopic (exact) mass is 360 g/mol. The Hall–Kier alpha value is -1.15. The number of hydrogen-bond acceptors (Lipinski definition) is 4. The normalized spacial score (nSPS) is 21.9. The van der Waals surface area contributed by atoms with Gasteiger partial charge in [0.05, 0.1) is 18.3 Å². The minimum absolute atomic E-state index is 0.143. The highest BCUT2D eigenvalue weighted by atomic mass is 35.5. The van der Waals surface area contributed by atoms with Gasteiger partial charge in [-0.2, -0.15) is 0 Å². The van der Waals surface area contributed by atoms with E-state index in [9.17, 15) is 18.3 Å². The summed E-state index contributed by atoms with van der Waals surface area (Å²) in [5.41, 5.74) is 0.793. The van der Waals surface area contributed by atoms with Crippen LogP contribution in [0, 0.1) is 5.92 Å². The van der Waals surface area contributed by atoms with Crippen LogP contribution in [0.15, 0.2) is 24.3 Å². The molecule has 1 aromatic rings. The maximum Gasteiger partial charge on any atom is 0.227 e. The Morgan fingerprint density at radius 3 is 2.70 bits per heavy atom. The van der Waals surface area contributed by atoms with Crippen molar-refractivity contribution in [3.63, 3.8) is 0 Å². The van der Waals surface area contributed by atoms with Gasteiger partial charge in [0, 0.05) is 38.1 Å². The number of hydrogen-bond donors (Lipinski definition) is 1. The summed E-state index contributed by atoms with van der Waals surface area (Å²) in [6.45, 7) is 0.403. The lowest BCUT2D eigenvalue weighted by atomic mass is 10.1. The lowest BCUT2D eigenvalue weighted by Gasteiger charge is -2.18. The fourth-order valence-corrected chi connectivity index (χ4v) is 3.95. The first kappa shape index (κ1) is 18.2. The molecule has 2 unspecified atom stereocenters. The molecule has 1 saturated heterocycles. The first-order chi connectivity index (χ1) is 10.7. The van der Waals surface area contributed by atoms with Crippen LogP contribution in [0.5, 0.6) is 0 Å². The smallest absolute Gasteiger partial charge is 0.227 e. The quantitative estimate of drug-likeness (QED) is 0.833. The van der Waals surface area contributed by atoms with Gasteiger partial charge in [-0.25, -0.2) is 12.7 Å². The van der Waals surface area contributed by atoms with E-state index >= 15 is 0 Å². The van der Waals surface area contributed by atoms with Gasteiger partial charge >= 0.3 is 0 Å². The van der Waals surface area contributed by atoms with E-state index in [1.54, 1.807) is 18.2 Å². The maximum absolute atomic E-state index is 12.3. The molecule has 0 radical (unpaired) electrons. The van der Waals surface area contributed by atoms with Crippen LogP contribution in [0.25, 0.3) is 0 Å². The molecule has 128 valence electrons. The van der Waals surface area contributed by atoms with Crippen LogP contribution in [0.1, 0.15) is 5.56 Å². The molecule has 2 atom stereocenters. The second-order valence-corrected chi connectivity index (χ2v) is 8.66. The average molecular weight is 361 g/mol. The molecule has 0 aliphatic carbocycles. The predicted octanol–water partition coefficient (Wildman–Crippen LogP) is 0.593. The highest BCUT2D eigenvalue weighted by Crippen LogP contribution is 2.21. The molecule has 8 heteroatoms. The number of benzene rings is 1. The van der Waals surface area contributed by atoms with Crippen molar-refractivity contribution in [3.8, 4) is 0 Å². The molecule has 1 aliphatic heterocycles. The number of halogens is 1. The summed E-state index contributed by atoms with van der Waals surface area (Å²) in [7, 11) is -0.496. The van der Waals surface area contributed by atoms with E-state index in [1.165, 1.54) is 19.0 Å². The van der Waals surface area contributed by atoms with E-state index in [-0.39, 0.29) is 31.2 Å². The van der Waals surface area contributed by atoms with E-state index in [2.05, 4.69) is 0 Å². The predicted molar refractivity (Wildman–Crippen MR) is 88.7 cm³/mol. The highest BCUT2D eigenvalue weighted by Gasteiger charge is 2.37. The summed E-state index contributed by atoms with van der Waals surface area (Å²) in [6, 6.07) is 7.04. The van der Waals surface area contributed by atoms with Crippen LogP contribution in [0.3, 0.4) is 0 Å². The number of carbonyl (C=O) groups excluding carboxylic acids is 1. The SMILES string of the molecule is CN(C)S(=O)(=O)CC1CN(C(=O)Cc2cccc(Cl)c2)CC1O. The average Bonchev–Trinajstić information content (AvgIpc) is 2.79. The van der Waals surface area contributed by atoms with E-state index in [0.717, 1.165) is 9.87 Å². The Morgan fingerprint density at radius 1 is 1.39 bits per heavy atom. The molecule has 0 aromatic heterocycles. The van der Waals surface area contributed by atoms with Crippen LogP contribution in [-0.4, -0.2) is 67.7 Å². The number of aliphatic hydroxyl groups is 1. The first-order valence-corrected chi connectivity index (χ1v) is 9.28. The second-order valence-electron chi connectivity index (χ2n) is 5.99. The lowest BCUT2D eigenvalue weighted by molar-refractivity contribution is -0.129. The summed E-state index contributed by atoms with van der Waals surface area (Å²) < 4.78 is 25.0. The molecule has 1 aromatic carbocycles. The number of amides is 1. The highest BCUT2D eigenvalue weighted by molar-refractivity contribution is 7.89. The van der Waals surface area contributed by atoms with Gasteiger partial charge in [0.15, 0.2) is 0 Å². The van der Waals surface area contributed by atoms with Crippen molar-refractivity contribution in [2.75, 3.05) is 32.9 Å². The van der Waals surface area contributed by atoms with Gasteiger partial charge in [-0.3, -0.25) is 4.79 Å². The molecule has 2 rings (SSSR count). The maximum atomic E-state index is 12.3. The summed E-state index contributed by atoms with van der Waals surface area (Å²) in [5.74, 6) is -0.774. The third-order valence-corrected chi connectivity index (χ3v) is 6.18. The number of nitrogens with zero attached hydrogens (tertiary/aromatic N) is 2. The van der Waals surface area contributed by atoms with Crippen molar-refractivity contribution in [2.45, 2.75) is 12.5 Å². The molecule has 1 amide bonds. The fraction of sp³-hybridized carbons (Fsp3) is 0.533. The summed E-state index contributed by atoms with van der Waals surface area (Å²) in [5, 5.41) is 10.6. The van der Waals surface area contributed by atoms with Gasteiger partial charge in [0.25, 0.3) is 0 Å². The van der Waals surface area contributed by atoms with Crippen LogP contribution in [0.4, 0.5) is 0 Å². The number of aliphatic hydroxyl groups excluding tert-OH is 1. The largest absolute Gasteiger partial charge is 0.391 e. The van der Waals surface area contributed by atoms with Gasteiger partial charge in [-0.15, -0.1) is 0 Å². The van der Waals surface area contributed by atoms with Crippen molar-refractivity contribution < 1.29 is 18.3 Å². The van der Waals surface area contributed by atoms with Crippen LogP contribution in [0.2, 0.25) is 5.02 Å². The Balaban J connectivity index is 1.99. The van der Waals surface area contributed by atoms with Crippen molar-refractivity contribution in [3.05, 3.63) is 34.9 Å². The van der Waals surface area contributed by atoms with Crippen molar-refractivity contribution in [1.29, 1.82) is 0 Å². The number of likely N-dealkylation sites (tertiary alicyclic amines) is 1. The molecule has 1 N–H and O–H groups in total. The zero-order valence-corrected chi connectivity index (χ0v) is 14.7. The summed E-state index contributed by atoms with van der Waals surface area (Å²) in [4.78, 5) is 13.8. The van der Waals surface area contributed by atoms with Crippen molar-refractivity contribution >= 4 is 27.5 Å². The lowest BCUT2D eigenvalue weighted by Crippen LogP contribution is -2.34. The Morgan fingerprint density at radius 2 is 2.09 bits per heavy atom. The van der Waals surface area contributed by atoms with E-state index in [4.69, 9.17) is 11.6 Å². The molecular formula is C15H21ClN2O4S. The molecule has 0 saturated carbocycles. The minimum Gasteiger partial charge on any atom is -0.391 e. The van der Waals surface area contributed by atoms with Gasteiger partial charge in [0.1, 0.15) is 0 Å². The molecule has 0 spiro atoms. The van der Waals surface area contributed by atoms with Crippen LogP contribution in [-0.2, 0) is 21.2 Å². The molecule has 23 heavy (non-hydrogen) atoms. The number of β-amino-alcohol motifs (C(OH)–C–C–N with tert-alkyl or cyclic N) is 1.